The highest BCUT2D eigenvalue weighted by Gasteiger charge is 2.44. The summed E-state index contributed by atoms with van der Waals surface area (Å²) in [6, 6.07) is 15.4. The first kappa shape index (κ1) is 18.6. The van der Waals surface area contributed by atoms with Crippen LogP contribution < -0.4 is 4.74 Å². The normalized spacial score (nSPS) is 20.9. The maximum absolute atomic E-state index is 11.2. The molecule has 3 heteroatoms. The van der Waals surface area contributed by atoms with Crippen LogP contribution in [0.4, 0.5) is 0 Å². The van der Waals surface area contributed by atoms with Gasteiger partial charge in [0, 0.05) is 10.8 Å². The molecule has 154 valence electrons. The van der Waals surface area contributed by atoms with E-state index in [9.17, 15) is 5.11 Å². The summed E-state index contributed by atoms with van der Waals surface area (Å²) in [6.45, 7) is 4.21. The monoisotopic (exact) mass is 416 g/mol. The quantitative estimate of drug-likeness (QED) is 0.406. The summed E-state index contributed by atoms with van der Waals surface area (Å²) in [6.07, 6.45) is 8.83. The lowest BCUT2D eigenvalue weighted by molar-refractivity contribution is 0.215. The summed E-state index contributed by atoms with van der Waals surface area (Å²) >= 11 is 1.73. The number of hydrogen-bond donors (Lipinski definition) is 1. The molecule has 1 heterocycles. The van der Waals surface area contributed by atoms with Crippen molar-refractivity contribution >= 4 is 22.5 Å². The van der Waals surface area contributed by atoms with Gasteiger partial charge in [0.15, 0.2) is 4.93 Å². The molecule has 3 aromatic rings. The van der Waals surface area contributed by atoms with Crippen molar-refractivity contribution in [3.05, 3.63) is 53.6 Å². The van der Waals surface area contributed by atoms with Crippen molar-refractivity contribution in [2.75, 3.05) is 0 Å². The Bertz CT molecular complexity index is 1170. The molecule has 30 heavy (non-hydrogen) atoms. The Kier molecular flexibility index (Phi) is 3.99. The zero-order chi connectivity index (χ0) is 20.5. The van der Waals surface area contributed by atoms with Crippen LogP contribution in [-0.2, 0) is 5.41 Å². The summed E-state index contributed by atoms with van der Waals surface area (Å²) < 4.78 is 6.24. The van der Waals surface area contributed by atoms with Crippen LogP contribution in [0.2, 0.25) is 0 Å². The van der Waals surface area contributed by atoms with E-state index in [1.54, 1.807) is 11.8 Å². The zero-order valence-corrected chi connectivity index (χ0v) is 18.6. The van der Waals surface area contributed by atoms with Gasteiger partial charge in [0.05, 0.1) is 4.90 Å². The molecule has 0 amide bonds. The molecule has 1 spiro atoms. The first-order valence-corrected chi connectivity index (χ1v) is 12.1. The fourth-order valence-electron chi connectivity index (χ4n) is 6.10. The van der Waals surface area contributed by atoms with Crippen molar-refractivity contribution in [2.45, 2.75) is 74.0 Å². The SMILES string of the molecule is CC1(C)Oc2cc3c4c(cc(O)c3cc2S1)C1(CCCCCCC1)c1ccccc1-4. The molecule has 0 aromatic heterocycles. The van der Waals surface area contributed by atoms with Crippen LogP contribution in [0.25, 0.3) is 21.9 Å². The topological polar surface area (TPSA) is 29.5 Å². The standard InChI is InChI=1S/C27H28O2S/c1-26(2)29-23-14-19-18(15-24(23)30-26)22(28)16-21-25(19)17-10-6-7-11-20(17)27(21)12-8-4-3-5-9-13-27/h6-7,10-11,14-16,28H,3-5,8-9,12-13H2,1-2H3. The summed E-state index contributed by atoms with van der Waals surface area (Å²) in [5.41, 5.74) is 5.50. The molecule has 1 N–H and O–H groups in total. The summed E-state index contributed by atoms with van der Waals surface area (Å²) in [4.78, 5) is 0.853. The lowest BCUT2D eigenvalue weighted by Crippen LogP contribution is -2.26. The number of phenols is 1. The van der Waals surface area contributed by atoms with Crippen molar-refractivity contribution in [1.29, 1.82) is 0 Å². The summed E-state index contributed by atoms with van der Waals surface area (Å²) in [5, 5.41) is 13.2. The molecule has 0 unspecified atom stereocenters. The van der Waals surface area contributed by atoms with E-state index < -0.39 is 0 Å². The van der Waals surface area contributed by atoms with E-state index in [4.69, 9.17) is 4.74 Å². The third-order valence-corrected chi connectivity index (χ3v) is 8.44. The molecule has 1 fully saturated rings. The molecule has 0 atom stereocenters. The average Bonchev–Trinajstić information content (AvgIpc) is 3.14. The van der Waals surface area contributed by atoms with Crippen LogP contribution in [0, 0.1) is 0 Å². The number of ether oxygens (including phenoxy) is 1. The van der Waals surface area contributed by atoms with Gasteiger partial charge in [0.1, 0.15) is 11.5 Å². The average molecular weight is 417 g/mol. The highest BCUT2D eigenvalue weighted by molar-refractivity contribution is 8.00. The molecule has 1 saturated carbocycles. The van der Waals surface area contributed by atoms with Gasteiger partial charge in [0.25, 0.3) is 0 Å². The van der Waals surface area contributed by atoms with Crippen molar-refractivity contribution < 1.29 is 9.84 Å². The third kappa shape index (κ3) is 2.57. The fraction of sp³-hybridized carbons (Fsp3) is 0.407. The molecule has 2 nitrogen and oxygen atoms in total. The molecular weight excluding hydrogens is 388 g/mol. The van der Waals surface area contributed by atoms with E-state index in [2.05, 4.69) is 56.3 Å². The Balaban J connectivity index is 1.66. The van der Waals surface area contributed by atoms with E-state index in [-0.39, 0.29) is 10.3 Å². The number of aromatic hydroxyl groups is 1. The maximum atomic E-state index is 11.2. The largest absolute Gasteiger partial charge is 0.507 e. The van der Waals surface area contributed by atoms with Gasteiger partial charge in [-0.3, -0.25) is 0 Å². The third-order valence-electron chi connectivity index (χ3n) is 7.33. The maximum Gasteiger partial charge on any atom is 0.153 e. The van der Waals surface area contributed by atoms with Crippen molar-refractivity contribution in [3.63, 3.8) is 0 Å². The van der Waals surface area contributed by atoms with Gasteiger partial charge in [-0.15, -0.1) is 0 Å². The van der Waals surface area contributed by atoms with E-state index in [1.807, 2.05) is 0 Å². The zero-order valence-electron chi connectivity index (χ0n) is 17.8. The second kappa shape index (κ2) is 6.43. The number of thioether (sulfide) groups is 1. The first-order valence-electron chi connectivity index (χ1n) is 11.3. The Hall–Kier alpha value is -2.13. The Morgan fingerprint density at radius 2 is 1.60 bits per heavy atom. The van der Waals surface area contributed by atoms with E-state index in [0.29, 0.717) is 5.75 Å². The number of hydrogen-bond acceptors (Lipinski definition) is 3. The van der Waals surface area contributed by atoms with Crippen LogP contribution in [-0.4, -0.2) is 10.0 Å². The van der Waals surface area contributed by atoms with Gasteiger partial charge < -0.3 is 9.84 Å². The summed E-state index contributed by atoms with van der Waals surface area (Å²) in [5.74, 6) is 1.35. The lowest BCUT2D eigenvalue weighted by atomic mass is 9.69. The highest BCUT2D eigenvalue weighted by atomic mass is 32.2. The molecule has 3 aliphatic rings. The molecule has 2 aliphatic carbocycles. The second-order valence-corrected chi connectivity index (χ2v) is 11.3. The van der Waals surface area contributed by atoms with Gasteiger partial charge in [-0.2, -0.15) is 0 Å². The number of fused-ring (bicyclic) bond motifs is 8. The Morgan fingerprint density at radius 1 is 0.867 bits per heavy atom. The molecule has 0 saturated heterocycles. The van der Waals surface area contributed by atoms with Crippen LogP contribution in [0.5, 0.6) is 11.5 Å². The lowest BCUT2D eigenvalue weighted by Gasteiger charge is -2.34. The van der Waals surface area contributed by atoms with Gasteiger partial charge in [0.2, 0.25) is 0 Å². The van der Waals surface area contributed by atoms with Crippen LogP contribution in [0.15, 0.2) is 47.4 Å². The Morgan fingerprint density at radius 3 is 2.40 bits per heavy atom. The minimum Gasteiger partial charge on any atom is -0.507 e. The first-order chi connectivity index (χ1) is 14.5. The molecule has 0 bridgehead atoms. The molecular formula is C27H28O2S. The highest BCUT2D eigenvalue weighted by Crippen LogP contribution is 2.59. The Labute approximate surface area is 182 Å². The smallest absolute Gasteiger partial charge is 0.153 e. The number of phenolic OH excluding ortho intramolecular Hbond substituents is 1. The minimum atomic E-state index is -0.267. The van der Waals surface area contributed by atoms with Gasteiger partial charge in [-0.25, -0.2) is 0 Å². The van der Waals surface area contributed by atoms with E-state index >= 15 is 0 Å². The minimum absolute atomic E-state index is 0.0336. The van der Waals surface area contributed by atoms with Crippen LogP contribution in [0.1, 0.15) is 69.9 Å². The van der Waals surface area contributed by atoms with Crippen molar-refractivity contribution in [1.82, 2.24) is 0 Å². The molecule has 1 aliphatic heterocycles. The van der Waals surface area contributed by atoms with Crippen LogP contribution in [0.3, 0.4) is 0 Å². The van der Waals surface area contributed by atoms with Crippen LogP contribution >= 0.6 is 11.8 Å². The number of benzene rings is 3. The number of rotatable bonds is 0. The van der Waals surface area contributed by atoms with Gasteiger partial charge in [-0.05, 0) is 72.5 Å². The molecule has 3 aromatic carbocycles. The van der Waals surface area contributed by atoms with Gasteiger partial charge >= 0.3 is 0 Å². The summed E-state index contributed by atoms with van der Waals surface area (Å²) in [7, 11) is 0. The van der Waals surface area contributed by atoms with E-state index in [1.165, 1.54) is 67.2 Å². The van der Waals surface area contributed by atoms with E-state index in [0.717, 1.165) is 21.4 Å². The molecule has 6 rings (SSSR count). The predicted octanol–water partition coefficient (Wildman–Crippen LogP) is 7.78. The fourth-order valence-corrected chi connectivity index (χ4v) is 7.14. The van der Waals surface area contributed by atoms with Gasteiger partial charge in [-0.1, -0.05) is 68.1 Å². The van der Waals surface area contributed by atoms with Crippen molar-refractivity contribution in [2.24, 2.45) is 0 Å². The predicted molar refractivity (Wildman–Crippen MR) is 125 cm³/mol. The van der Waals surface area contributed by atoms with Crippen molar-refractivity contribution in [3.8, 4) is 22.6 Å². The second-order valence-electron chi connectivity index (χ2n) is 9.66. The molecule has 0 radical (unpaired) electrons.